The summed E-state index contributed by atoms with van der Waals surface area (Å²) in [5, 5.41) is 15.2. The second-order valence-electron chi connectivity index (χ2n) is 4.57. The molecule has 0 radical (unpaired) electrons. The van der Waals surface area contributed by atoms with E-state index in [1.807, 2.05) is 13.0 Å². The molecular formula is C15H22FIN4. The minimum absolute atomic E-state index is 0. The van der Waals surface area contributed by atoms with Gasteiger partial charge in [0.1, 0.15) is 5.82 Å². The molecule has 0 bridgehead atoms. The molecule has 116 valence electrons. The molecular weight excluding hydrogens is 382 g/mol. The van der Waals surface area contributed by atoms with Gasteiger partial charge in [-0.3, -0.25) is 0 Å². The number of aliphatic imine (C=N–C) groups is 1. The van der Waals surface area contributed by atoms with Crippen LogP contribution in [0.15, 0.2) is 23.2 Å². The average molecular weight is 404 g/mol. The first-order valence-electron chi connectivity index (χ1n) is 6.84. The van der Waals surface area contributed by atoms with Gasteiger partial charge in [0.05, 0.1) is 18.2 Å². The van der Waals surface area contributed by atoms with Crippen molar-refractivity contribution in [1.29, 1.82) is 5.26 Å². The molecule has 0 saturated heterocycles. The van der Waals surface area contributed by atoms with Crippen molar-refractivity contribution in [2.24, 2.45) is 4.99 Å². The number of nitriles is 1. The Kier molecular flexibility index (Phi) is 9.71. The maximum absolute atomic E-state index is 13.7. The monoisotopic (exact) mass is 404 g/mol. The van der Waals surface area contributed by atoms with Crippen LogP contribution in [0, 0.1) is 17.1 Å². The fraction of sp³-hybridized carbons (Fsp3) is 0.467. The van der Waals surface area contributed by atoms with Crippen LogP contribution in [0.3, 0.4) is 0 Å². The van der Waals surface area contributed by atoms with E-state index in [-0.39, 0.29) is 36.3 Å². The Hall–Kier alpha value is -1.36. The van der Waals surface area contributed by atoms with Crippen LogP contribution in [0.4, 0.5) is 4.39 Å². The Morgan fingerprint density at radius 1 is 1.43 bits per heavy atom. The quantitative estimate of drug-likeness (QED) is 0.450. The van der Waals surface area contributed by atoms with E-state index in [1.54, 1.807) is 0 Å². The molecule has 1 rings (SSSR count). The highest BCUT2D eigenvalue weighted by Gasteiger charge is 2.05. The molecule has 0 fully saturated rings. The lowest BCUT2D eigenvalue weighted by Gasteiger charge is -2.16. The molecule has 6 heteroatoms. The van der Waals surface area contributed by atoms with E-state index in [9.17, 15) is 4.39 Å². The molecule has 0 aliphatic heterocycles. The van der Waals surface area contributed by atoms with Crippen LogP contribution in [0.5, 0.6) is 0 Å². The van der Waals surface area contributed by atoms with Crippen LogP contribution in [-0.2, 0) is 6.54 Å². The van der Waals surface area contributed by atoms with Crippen molar-refractivity contribution in [1.82, 2.24) is 10.6 Å². The molecule has 0 saturated carbocycles. The number of benzene rings is 1. The summed E-state index contributed by atoms with van der Waals surface area (Å²) in [4.78, 5) is 4.35. The first kappa shape index (κ1) is 19.6. The Bertz CT molecular complexity index is 511. The topological polar surface area (TPSA) is 60.2 Å². The maximum Gasteiger partial charge on any atom is 0.191 e. The molecule has 2 N–H and O–H groups in total. The number of halogens is 2. The minimum atomic E-state index is -0.341. The van der Waals surface area contributed by atoms with Crippen molar-refractivity contribution >= 4 is 29.9 Å². The van der Waals surface area contributed by atoms with Crippen LogP contribution in [0.1, 0.15) is 38.3 Å². The smallest absolute Gasteiger partial charge is 0.191 e. The van der Waals surface area contributed by atoms with Crippen molar-refractivity contribution in [3.05, 3.63) is 35.1 Å². The molecule has 0 aliphatic rings. The van der Waals surface area contributed by atoms with Crippen molar-refractivity contribution < 1.29 is 4.39 Å². The second kappa shape index (κ2) is 10.4. The van der Waals surface area contributed by atoms with Crippen LogP contribution >= 0.6 is 24.0 Å². The molecule has 1 atom stereocenters. The third kappa shape index (κ3) is 6.76. The molecule has 1 aromatic rings. The van der Waals surface area contributed by atoms with Gasteiger partial charge in [0.15, 0.2) is 5.96 Å². The summed E-state index contributed by atoms with van der Waals surface area (Å²) in [7, 11) is 0. The van der Waals surface area contributed by atoms with E-state index in [0.29, 0.717) is 23.1 Å². The predicted molar refractivity (Wildman–Crippen MR) is 94.2 cm³/mol. The van der Waals surface area contributed by atoms with Crippen molar-refractivity contribution in [2.45, 2.75) is 39.8 Å². The van der Waals surface area contributed by atoms with Crippen molar-refractivity contribution in [3.8, 4) is 6.07 Å². The van der Waals surface area contributed by atoms with Gasteiger partial charge in [0, 0.05) is 18.2 Å². The summed E-state index contributed by atoms with van der Waals surface area (Å²) < 4.78 is 13.7. The summed E-state index contributed by atoms with van der Waals surface area (Å²) in [6, 6.07) is 6.60. The van der Waals surface area contributed by atoms with Crippen molar-refractivity contribution in [3.63, 3.8) is 0 Å². The summed E-state index contributed by atoms with van der Waals surface area (Å²) in [6.45, 7) is 7.06. The summed E-state index contributed by atoms with van der Waals surface area (Å²) in [6.07, 6.45) is 0.975. The van der Waals surface area contributed by atoms with Gasteiger partial charge in [-0.15, -0.1) is 24.0 Å². The third-order valence-corrected chi connectivity index (χ3v) is 2.92. The highest BCUT2D eigenvalue weighted by atomic mass is 127. The molecule has 0 spiro atoms. The fourth-order valence-electron chi connectivity index (χ4n) is 1.59. The predicted octanol–water partition coefficient (Wildman–Crippen LogP) is 3.17. The Labute approximate surface area is 142 Å². The largest absolute Gasteiger partial charge is 0.357 e. The van der Waals surface area contributed by atoms with E-state index in [4.69, 9.17) is 5.26 Å². The van der Waals surface area contributed by atoms with Crippen molar-refractivity contribution in [2.75, 3.05) is 6.54 Å². The van der Waals surface area contributed by atoms with E-state index in [2.05, 4.69) is 29.5 Å². The molecule has 0 amide bonds. The highest BCUT2D eigenvalue weighted by Crippen LogP contribution is 2.11. The lowest BCUT2D eigenvalue weighted by atomic mass is 10.1. The Morgan fingerprint density at radius 2 is 2.14 bits per heavy atom. The number of nitrogens with one attached hydrogen (secondary N) is 2. The van der Waals surface area contributed by atoms with Crippen LogP contribution < -0.4 is 10.6 Å². The first-order valence-corrected chi connectivity index (χ1v) is 6.84. The SMILES string of the molecule is CCNC(=NCc1cc(C#N)ccc1F)NC(C)CC.I. The number of guanidine groups is 1. The zero-order chi connectivity index (χ0) is 15.0. The van der Waals surface area contributed by atoms with E-state index >= 15 is 0 Å². The Balaban J connectivity index is 0.00000400. The van der Waals surface area contributed by atoms with Crippen LogP contribution in [0.2, 0.25) is 0 Å². The van der Waals surface area contributed by atoms with E-state index < -0.39 is 0 Å². The number of nitrogens with zero attached hydrogens (tertiary/aromatic N) is 2. The van der Waals surface area contributed by atoms with Gasteiger partial charge in [0.25, 0.3) is 0 Å². The highest BCUT2D eigenvalue weighted by molar-refractivity contribution is 14.0. The lowest BCUT2D eigenvalue weighted by Crippen LogP contribution is -2.41. The molecule has 21 heavy (non-hydrogen) atoms. The standard InChI is InChI=1S/C15H21FN4.HI/c1-4-11(3)20-15(18-5-2)19-10-13-8-12(9-17)6-7-14(13)16;/h6-8,11H,4-5,10H2,1-3H3,(H2,18,19,20);1H. The van der Waals surface area contributed by atoms with Crippen LogP contribution in [0.25, 0.3) is 0 Å². The molecule has 0 heterocycles. The van der Waals surface area contributed by atoms with Gasteiger partial charge in [-0.05, 0) is 38.5 Å². The average Bonchev–Trinajstić information content (AvgIpc) is 2.46. The Morgan fingerprint density at radius 3 is 2.71 bits per heavy atom. The normalized spacial score (nSPS) is 12.0. The minimum Gasteiger partial charge on any atom is -0.357 e. The molecule has 4 nitrogen and oxygen atoms in total. The summed E-state index contributed by atoms with van der Waals surface area (Å²) in [5.74, 6) is 0.316. The molecule has 1 aromatic carbocycles. The van der Waals surface area contributed by atoms with Gasteiger partial charge in [-0.25, -0.2) is 9.38 Å². The first-order chi connectivity index (χ1) is 9.60. The zero-order valence-corrected chi connectivity index (χ0v) is 14.9. The fourth-order valence-corrected chi connectivity index (χ4v) is 1.59. The molecule has 0 aliphatic carbocycles. The van der Waals surface area contributed by atoms with Gasteiger partial charge in [-0.1, -0.05) is 6.92 Å². The third-order valence-electron chi connectivity index (χ3n) is 2.92. The lowest BCUT2D eigenvalue weighted by molar-refractivity contribution is 0.606. The second-order valence-corrected chi connectivity index (χ2v) is 4.57. The van der Waals surface area contributed by atoms with E-state index in [1.165, 1.54) is 18.2 Å². The van der Waals surface area contributed by atoms with Gasteiger partial charge in [0.2, 0.25) is 0 Å². The number of rotatable bonds is 5. The van der Waals surface area contributed by atoms with Gasteiger partial charge >= 0.3 is 0 Å². The maximum atomic E-state index is 13.7. The summed E-state index contributed by atoms with van der Waals surface area (Å²) in [5.41, 5.74) is 0.863. The number of hydrogen-bond acceptors (Lipinski definition) is 2. The van der Waals surface area contributed by atoms with E-state index in [0.717, 1.165) is 13.0 Å². The van der Waals surface area contributed by atoms with Crippen LogP contribution in [-0.4, -0.2) is 18.5 Å². The van der Waals surface area contributed by atoms with Gasteiger partial charge < -0.3 is 10.6 Å². The summed E-state index contributed by atoms with van der Waals surface area (Å²) >= 11 is 0. The zero-order valence-electron chi connectivity index (χ0n) is 12.6. The molecule has 1 unspecified atom stereocenters. The number of hydrogen-bond donors (Lipinski definition) is 2. The van der Waals surface area contributed by atoms with Gasteiger partial charge in [-0.2, -0.15) is 5.26 Å². The molecule has 0 aromatic heterocycles.